The summed E-state index contributed by atoms with van der Waals surface area (Å²) in [5.41, 5.74) is 6.73. The van der Waals surface area contributed by atoms with Gasteiger partial charge < -0.3 is 19.4 Å². The minimum Gasteiger partial charge on any atom is -0.343 e. The van der Waals surface area contributed by atoms with E-state index in [0.717, 1.165) is 40.1 Å². The molecule has 0 bridgehead atoms. The molecule has 1 amide bonds. The molecule has 1 aliphatic rings. The average Bonchev–Trinajstić information content (AvgIpc) is 3.04. The average molecular weight is 601 g/mol. The summed E-state index contributed by atoms with van der Waals surface area (Å²) in [5.74, 6) is 0.247. The van der Waals surface area contributed by atoms with Crippen LogP contribution in [0.2, 0.25) is 0 Å². The molecule has 1 saturated heterocycles. The van der Waals surface area contributed by atoms with Gasteiger partial charge in [-0.15, -0.1) is 0 Å². The number of hydrogen-bond acceptors (Lipinski definition) is 6. The van der Waals surface area contributed by atoms with Crippen molar-refractivity contribution in [2.24, 2.45) is 14.1 Å². The molecule has 0 unspecified atom stereocenters. The third-order valence-corrected chi connectivity index (χ3v) is 8.67. The van der Waals surface area contributed by atoms with Crippen LogP contribution in [-0.4, -0.2) is 57.0 Å². The largest absolute Gasteiger partial charge is 0.343 e. The van der Waals surface area contributed by atoms with E-state index < -0.39 is 0 Å². The van der Waals surface area contributed by atoms with E-state index in [0.29, 0.717) is 23.5 Å². The Morgan fingerprint density at radius 2 is 1.44 bits per heavy atom. The van der Waals surface area contributed by atoms with Crippen LogP contribution in [0.1, 0.15) is 17.2 Å². The van der Waals surface area contributed by atoms with Crippen molar-refractivity contribution < 1.29 is 4.79 Å². The van der Waals surface area contributed by atoms with Gasteiger partial charge in [-0.05, 0) is 60.5 Å². The number of hydrogen-bond donors (Lipinski definition) is 1. The third kappa shape index (κ3) is 5.58. The van der Waals surface area contributed by atoms with Gasteiger partial charge in [0.15, 0.2) is 5.82 Å². The first kappa shape index (κ1) is 29.8. The molecule has 0 spiro atoms. The van der Waals surface area contributed by atoms with Crippen molar-refractivity contribution in [2.45, 2.75) is 13.0 Å². The summed E-state index contributed by atoms with van der Waals surface area (Å²) in [6.07, 6.45) is 1.71. The lowest BCUT2D eigenvalue weighted by molar-refractivity contribution is -0.139. The molecule has 3 heterocycles. The molecule has 6 rings (SSSR count). The van der Waals surface area contributed by atoms with Crippen molar-refractivity contribution in [1.29, 1.82) is 0 Å². The van der Waals surface area contributed by atoms with Crippen molar-refractivity contribution in [3.05, 3.63) is 123 Å². The summed E-state index contributed by atoms with van der Waals surface area (Å²) >= 11 is 0. The zero-order chi connectivity index (χ0) is 31.8. The molecule has 228 valence electrons. The fraction of sp³-hybridized carbons (Fsp3) is 0.222. The van der Waals surface area contributed by atoms with E-state index in [1.54, 1.807) is 29.8 Å². The zero-order valence-corrected chi connectivity index (χ0v) is 26.1. The Hall–Kier alpha value is -5.28. The summed E-state index contributed by atoms with van der Waals surface area (Å²) in [6, 6.07) is 26.7. The van der Waals surface area contributed by atoms with Crippen LogP contribution in [0.3, 0.4) is 0 Å². The van der Waals surface area contributed by atoms with Crippen LogP contribution in [0.4, 0.5) is 11.5 Å². The second kappa shape index (κ2) is 12.0. The number of likely N-dealkylation sites (N-methyl/N-ethyl adjacent to an activating group) is 2. The van der Waals surface area contributed by atoms with Gasteiger partial charge in [0.2, 0.25) is 5.91 Å². The van der Waals surface area contributed by atoms with Gasteiger partial charge in [0.05, 0.1) is 11.4 Å². The van der Waals surface area contributed by atoms with Gasteiger partial charge in [-0.1, -0.05) is 60.7 Å². The van der Waals surface area contributed by atoms with Crippen molar-refractivity contribution >= 4 is 17.4 Å². The second-order valence-electron chi connectivity index (χ2n) is 11.6. The molecule has 5 aromatic rings. The summed E-state index contributed by atoms with van der Waals surface area (Å²) in [6.45, 7) is 3.47. The van der Waals surface area contributed by atoms with E-state index in [2.05, 4.69) is 10.2 Å². The van der Waals surface area contributed by atoms with Crippen LogP contribution in [0, 0.1) is 6.92 Å². The Bertz CT molecular complexity index is 2010. The Balaban J connectivity index is 1.32. The number of carbonyl (C=O) groups is 1. The first-order valence-corrected chi connectivity index (χ1v) is 14.9. The summed E-state index contributed by atoms with van der Waals surface area (Å²) < 4.78 is 3.18. The maximum absolute atomic E-state index is 13.6. The van der Waals surface area contributed by atoms with Gasteiger partial charge in [-0.2, -0.15) is 0 Å². The van der Waals surface area contributed by atoms with E-state index >= 15 is 0 Å². The molecular weight excluding hydrogens is 564 g/mol. The number of nitrogens with one attached hydrogen (secondary N) is 1. The number of anilines is 2. The maximum Gasteiger partial charge on any atom is 0.293 e. The van der Waals surface area contributed by atoms with E-state index in [1.165, 1.54) is 4.57 Å². The minimum atomic E-state index is -0.339. The van der Waals surface area contributed by atoms with Crippen molar-refractivity contribution in [1.82, 2.24) is 23.9 Å². The highest BCUT2D eigenvalue weighted by atomic mass is 16.2. The van der Waals surface area contributed by atoms with Crippen molar-refractivity contribution in [2.75, 3.05) is 32.5 Å². The maximum atomic E-state index is 13.6. The standard InChI is InChI=1S/C36H36N6O3/c1-23-27(29-18-19-31(42(5)34(29)43)24-10-7-6-8-11-24)12-9-13-28(23)30-22-41(4)36(45)33(38-30)37-26-16-14-25(15-17-26)32-35(44)40(3)21-20-39(32)2/h6-19,22,32H,20-21H2,1-5H3,(H,37,38)/t32-/m1/s1. The van der Waals surface area contributed by atoms with Crippen LogP contribution < -0.4 is 16.4 Å². The van der Waals surface area contributed by atoms with Crippen molar-refractivity contribution in [3.8, 4) is 33.6 Å². The normalized spacial score (nSPS) is 15.4. The predicted molar refractivity (Wildman–Crippen MR) is 178 cm³/mol. The number of pyridine rings is 1. The molecule has 45 heavy (non-hydrogen) atoms. The molecule has 2 aromatic heterocycles. The monoisotopic (exact) mass is 600 g/mol. The molecule has 1 N–H and O–H groups in total. The summed E-state index contributed by atoms with van der Waals surface area (Å²) in [5, 5.41) is 3.18. The van der Waals surface area contributed by atoms with Gasteiger partial charge in [0.1, 0.15) is 6.04 Å². The molecule has 9 nitrogen and oxygen atoms in total. The van der Waals surface area contributed by atoms with Gasteiger partial charge >= 0.3 is 0 Å². The molecule has 3 aromatic carbocycles. The quantitative estimate of drug-likeness (QED) is 0.296. The number of carbonyl (C=O) groups excluding carboxylic acids is 1. The Kier molecular flexibility index (Phi) is 7.95. The molecule has 0 saturated carbocycles. The van der Waals surface area contributed by atoms with Gasteiger partial charge in [0, 0.05) is 57.2 Å². The minimum absolute atomic E-state index is 0.0651. The fourth-order valence-electron chi connectivity index (χ4n) is 5.99. The van der Waals surface area contributed by atoms with Crippen LogP contribution >= 0.6 is 0 Å². The second-order valence-corrected chi connectivity index (χ2v) is 11.6. The van der Waals surface area contributed by atoms with Crippen molar-refractivity contribution in [3.63, 3.8) is 0 Å². The smallest absolute Gasteiger partial charge is 0.293 e. The number of benzene rings is 3. The highest BCUT2D eigenvalue weighted by molar-refractivity contribution is 5.84. The topological polar surface area (TPSA) is 92.5 Å². The van der Waals surface area contributed by atoms with Crippen LogP contribution in [0.15, 0.2) is 101 Å². The van der Waals surface area contributed by atoms with E-state index in [1.807, 2.05) is 106 Å². The molecule has 1 atom stereocenters. The number of piperazine rings is 1. The molecular formula is C36H36N6O3. The Labute approximate surface area is 262 Å². The van der Waals surface area contributed by atoms with Gasteiger partial charge in [0.25, 0.3) is 11.1 Å². The first-order chi connectivity index (χ1) is 21.6. The molecule has 0 aliphatic carbocycles. The lowest BCUT2D eigenvalue weighted by Gasteiger charge is -2.37. The SMILES string of the molecule is Cc1c(-c2cn(C)c(=O)c(Nc3ccc([C@@H]4C(=O)N(C)CCN4C)cc3)n2)cccc1-c1ccc(-c2ccccc2)n(C)c1=O. The van der Waals surface area contributed by atoms with Crippen LogP contribution in [-0.2, 0) is 18.9 Å². The van der Waals surface area contributed by atoms with Crippen LogP contribution in [0.25, 0.3) is 33.6 Å². The fourth-order valence-corrected chi connectivity index (χ4v) is 5.99. The van der Waals surface area contributed by atoms with E-state index in [-0.39, 0.29) is 28.9 Å². The number of nitrogens with zero attached hydrogens (tertiary/aromatic N) is 5. The summed E-state index contributed by atoms with van der Waals surface area (Å²) in [4.78, 5) is 48.1. The predicted octanol–water partition coefficient (Wildman–Crippen LogP) is 4.98. The van der Waals surface area contributed by atoms with Crippen LogP contribution in [0.5, 0.6) is 0 Å². The van der Waals surface area contributed by atoms with E-state index in [9.17, 15) is 14.4 Å². The number of amides is 1. The lowest BCUT2D eigenvalue weighted by Crippen LogP contribution is -2.48. The third-order valence-electron chi connectivity index (χ3n) is 8.67. The summed E-state index contributed by atoms with van der Waals surface area (Å²) in [7, 11) is 7.26. The molecule has 1 aliphatic heterocycles. The van der Waals surface area contributed by atoms with Gasteiger partial charge in [-0.3, -0.25) is 19.3 Å². The number of rotatable bonds is 6. The number of aryl methyl sites for hydroxylation is 1. The highest BCUT2D eigenvalue weighted by Gasteiger charge is 2.31. The van der Waals surface area contributed by atoms with E-state index in [4.69, 9.17) is 4.98 Å². The molecule has 9 heteroatoms. The molecule has 0 radical (unpaired) electrons. The zero-order valence-electron chi connectivity index (χ0n) is 26.1. The molecule has 1 fully saturated rings. The highest BCUT2D eigenvalue weighted by Crippen LogP contribution is 2.31. The first-order valence-electron chi connectivity index (χ1n) is 14.9. The lowest BCUT2D eigenvalue weighted by atomic mass is 9.95. The Morgan fingerprint density at radius 1 is 0.733 bits per heavy atom. The van der Waals surface area contributed by atoms with Gasteiger partial charge in [-0.25, -0.2) is 4.98 Å². The Morgan fingerprint density at radius 3 is 2.18 bits per heavy atom. The number of aromatic nitrogens is 3.